The molecule has 1 aromatic carbocycles. The van der Waals surface area contributed by atoms with Crippen molar-refractivity contribution in [3.05, 3.63) is 52.5 Å². The van der Waals surface area contributed by atoms with Gasteiger partial charge in [-0.1, -0.05) is 12.7 Å². The molecular weight excluding hydrogens is 326 g/mol. The number of rotatable bonds is 8. The Labute approximate surface area is 144 Å². The third kappa shape index (κ3) is 5.20. The second kappa shape index (κ2) is 8.83. The Balaban J connectivity index is 1.93. The molecule has 1 heterocycles. The Bertz CT molecular complexity index is 740. The van der Waals surface area contributed by atoms with E-state index >= 15 is 0 Å². The molecule has 0 aliphatic heterocycles. The molecule has 7 heteroatoms. The number of ether oxygens (including phenoxy) is 2. The van der Waals surface area contributed by atoms with Gasteiger partial charge in [0.25, 0.3) is 0 Å². The summed E-state index contributed by atoms with van der Waals surface area (Å²) in [7, 11) is 1.56. The molecule has 0 aliphatic carbocycles. The molecule has 0 saturated carbocycles. The van der Waals surface area contributed by atoms with Crippen molar-refractivity contribution in [1.82, 2.24) is 10.4 Å². The van der Waals surface area contributed by atoms with Crippen LogP contribution in [0.15, 0.2) is 41.3 Å². The Hall–Kier alpha value is -2.67. The number of thiazole rings is 1. The average molecular weight is 345 g/mol. The zero-order chi connectivity index (χ0) is 17.4. The number of hydrogen-bond acceptors (Lipinski definition) is 6. The first-order chi connectivity index (χ1) is 11.6. The minimum absolute atomic E-state index is 0.210. The zero-order valence-electron chi connectivity index (χ0n) is 13.6. The van der Waals surface area contributed by atoms with Crippen LogP contribution in [0.5, 0.6) is 11.5 Å². The van der Waals surface area contributed by atoms with Crippen LogP contribution in [0.1, 0.15) is 16.3 Å². The molecule has 0 unspecified atom stereocenters. The third-order valence-corrected chi connectivity index (χ3v) is 3.89. The molecule has 0 atom stereocenters. The molecule has 2 rings (SSSR count). The highest BCUT2D eigenvalue weighted by Gasteiger charge is 2.06. The van der Waals surface area contributed by atoms with Gasteiger partial charge in [-0.3, -0.25) is 4.79 Å². The molecule has 6 nitrogen and oxygen atoms in total. The van der Waals surface area contributed by atoms with Crippen molar-refractivity contribution in [2.24, 2.45) is 5.10 Å². The molecule has 0 aliphatic rings. The predicted octanol–water partition coefficient (Wildman–Crippen LogP) is 2.72. The Morgan fingerprint density at radius 2 is 2.29 bits per heavy atom. The summed E-state index contributed by atoms with van der Waals surface area (Å²) < 4.78 is 10.8. The molecule has 2 aromatic rings. The number of benzene rings is 1. The lowest BCUT2D eigenvalue weighted by Crippen LogP contribution is -2.19. The van der Waals surface area contributed by atoms with Crippen molar-refractivity contribution >= 4 is 23.5 Å². The van der Waals surface area contributed by atoms with Gasteiger partial charge in [0, 0.05) is 11.1 Å². The average Bonchev–Trinajstić information content (AvgIpc) is 2.98. The van der Waals surface area contributed by atoms with Gasteiger partial charge < -0.3 is 9.47 Å². The number of carbonyl (C=O) groups is 1. The maximum absolute atomic E-state index is 11.8. The van der Waals surface area contributed by atoms with Gasteiger partial charge in [-0.25, -0.2) is 10.4 Å². The topological polar surface area (TPSA) is 72.8 Å². The predicted molar refractivity (Wildman–Crippen MR) is 95.0 cm³/mol. The molecule has 24 heavy (non-hydrogen) atoms. The minimum Gasteiger partial charge on any atom is -0.493 e. The Morgan fingerprint density at radius 1 is 1.46 bits per heavy atom. The van der Waals surface area contributed by atoms with Gasteiger partial charge in [0.15, 0.2) is 11.5 Å². The lowest BCUT2D eigenvalue weighted by atomic mass is 10.2. The lowest BCUT2D eigenvalue weighted by Gasteiger charge is -2.09. The number of nitrogens with zero attached hydrogens (tertiary/aromatic N) is 2. The normalized spacial score (nSPS) is 10.6. The lowest BCUT2D eigenvalue weighted by molar-refractivity contribution is -0.120. The number of nitrogens with one attached hydrogen (secondary N) is 1. The molecule has 1 N–H and O–H groups in total. The first-order valence-electron chi connectivity index (χ1n) is 7.27. The number of aryl methyl sites for hydroxylation is 1. The third-order valence-electron chi connectivity index (χ3n) is 2.93. The van der Waals surface area contributed by atoms with Crippen molar-refractivity contribution in [3.8, 4) is 11.5 Å². The molecule has 0 fully saturated rings. The zero-order valence-corrected chi connectivity index (χ0v) is 14.4. The number of methoxy groups -OCH3 is 1. The smallest absolute Gasteiger partial charge is 0.246 e. The maximum atomic E-state index is 11.8. The van der Waals surface area contributed by atoms with E-state index in [1.165, 1.54) is 11.3 Å². The van der Waals surface area contributed by atoms with Crippen LogP contribution in [-0.2, 0) is 11.2 Å². The van der Waals surface area contributed by atoms with Crippen LogP contribution >= 0.6 is 11.3 Å². The number of carbonyl (C=O) groups excluding carboxylic acids is 1. The van der Waals surface area contributed by atoms with E-state index in [1.807, 2.05) is 18.4 Å². The van der Waals surface area contributed by atoms with Crippen LogP contribution in [0, 0.1) is 6.92 Å². The van der Waals surface area contributed by atoms with Crippen molar-refractivity contribution in [2.75, 3.05) is 13.7 Å². The highest BCUT2D eigenvalue weighted by atomic mass is 32.1. The quantitative estimate of drug-likeness (QED) is 0.454. The van der Waals surface area contributed by atoms with E-state index < -0.39 is 0 Å². The summed E-state index contributed by atoms with van der Waals surface area (Å²) in [5, 5.41) is 6.63. The maximum Gasteiger partial charge on any atom is 0.246 e. The highest BCUT2D eigenvalue weighted by molar-refractivity contribution is 7.09. The van der Waals surface area contributed by atoms with Gasteiger partial charge in [-0.2, -0.15) is 5.10 Å². The fraction of sp³-hybridized carbons (Fsp3) is 0.235. The standard InChI is InChI=1S/C17H19N3O3S/c1-4-7-23-14-6-5-13(8-15(14)22-3)10-18-20-16(21)9-17-19-12(2)11-24-17/h4-6,8,10-11H,1,7,9H2,2-3H3,(H,20,21)/b18-10-. The Morgan fingerprint density at radius 3 is 2.96 bits per heavy atom. The second-order valence-electron chi connectivity index (χ2n) is 4.86. The van der Waals surface area contributed by atoms with Crippen LogP contribution < -0.4 is 14.9 Å². The van der Waals surface area contributed by atoms with Gasteiger partial charge in [0.1, 0.15) is 11.6 Å². The van der Waals surface area contributed by atoms with Crippen LogP contribution in [-0.4, -0.2) is 30.8 Å². The molecule has 1 aromatic heterocycles. The van der Waals surface area contributed by atoms with E-state index in [0.717, 1.165) is 16.3 Å². The minimum atomic E-state index is -0.210. The van der Waals surface area contributed by atoms with Gasteiger partial charge in [-0.05, 0) is 30.7 Å². The van der Waals surface area contributed by atoms with Crippen molar-refractivity contribution in [1.29, 1.82) is 0 Å². The molecular formula is C17H19N3O3S. The van der Waals surface area contributed by atoms with E-state index in [-0.39, 0.29) is 12.3 Å². The summed E-state index contributed by atoms with van der Waals surface area (Å²) in [6, 6.07) is 5.38. The molecule has 0 bridgehead atoms. The summed E-state index contributed by atoms with van der Waals surface area (Å²) >= 11 is 1.46. The van der Waals surface area contributed by atoms with E-state index in [0.29, 0.717) is 18.1 Å². The molecule has 0 radical (unpaired) electrons. The Kier molecular flexibility index (Phi) is 6.51. The van der Waals surface area contributed by atoms with Gasteiger partial charge in [0.2, 0.25) is 5.91 Å². The van der Waals surface area contributed by atoms with Crippen molar-refractivity contribution in [2.45, 2.75) is 13.3 Å². The van der Waals surface area contributed by atoms with Crippen LogP contribution in [0.2, 0.25) is 0 Å². The highest BCUT2D eigenvalue weighted by Crippen LogP contribution is 2.27. The molecule has 0 spiro atoms. The fourth-order valence-electron chi connectivity index (χ4n) is 1.87. The van der Waals surface area contributed by atoms with Gasteiger partial charge in [-0.15, -0.1) is 11.3 Å². The number of hydrogen-bond donors (Lipinski definition) is 1. The molecule has 0 saturated heterocycles. The first-order valence-corrected chi connectivity index (χ1v) is 8.15. The fourth-order valence-corrected chi connectivity index (χ4v) is 2.64. The van der Waals surface area contributed by atoms with Crippen molar-refractivity contribution in [3.63, 3.8) is 0 Å². The molecule has 1 amide bonds. The summed E-state index contributed by atoms with van der Waals surface area (Å²) in [5.41, 5.74) is 4.18. The number of aromatic nitrogens is 1. The van der Waals surface area contributed by atoms with Gasteiger partial charge in [0.05, 0.1) is 19.7 Å². The summed E-state index contributed by atoms with van der Waals surface area (Å²) in [6.45, 7) is 5.90. The van der Waals surface area contributed by atoms with Crippen LogP contribution in [0.25, 0.3) is 0 Å². The first kappa shape index (κ1) is 17.7. The summed E-state index contributed by atoms with van der Waals surface area (Å²) in [4.78, 5) is 16.0. The number of amides is 1. The van der Waals surface area contributed by atoms with Crippen LogP contribution in [0.3, 0.4) is 0 Å². The monoisotopic (exact) mass is 345 g/mol. The van der Waals surface area contributed by atoms with Crippen molar-refractivity contribution < 1.29 is 14.3 Å². The van der Waals surface area contributed by atoms with E-state index in [1.54, 1.807) is 31.5 Å². The summed E-state index contributed by atoms with van der Waals surface area (Å²) in [5.74, 6) is 1.00. The SMILES string of the molecule is C=CCOc1ccc(/C=N\NC(=O)Cc2nc(C)cs2)cc1OC. The number of hydrazone groups is 1. The van der Waals surface area contributed by atoms with Crippen LogP contribution in [0.4, 0.5) is 0 Å². The summed E-state index contributed by atoms with van der Waals surface area (Å²) in [6.07, 6.45) is 3.42. The second-order valence-corrected chi connectivity index (χ2v) is 5.81. The van der Waals surface area contributed by atoms with Gasteiger partial charge >= 0.3 is 0 Å². The van der Waals surface area contributed by atoms with E-state index in [4.69, 9.17) is 9.47 Å². The largest absolute Gasteiger partial charge is 0.493 e. The molecule has 126 valence electrons. The van der Waals surface area contributed by atoms with E-state index in [9.17, 15) is 4.79 Å². The van der Waals surface area contributed by atoms with E-state index in [2.05, 4.69) is 22.1 Å².